The number of aliphatic hydroxyl groups excluding tert-OH is 1. The molecule has 0 aliphatic rings. The van der Waals surface area contributed by atoms with Gasteiger partial charge in [0, 0.05) is 10.9 Å². The summed E-state index contributed by atoms with van der Waals surface area (Å²) in [5.41, 5.74) is 3.18. The van der Waals surface area contributed by atoms with Gasteiger partial charge in [0.2, 0.25) is 0 Å². The van der Waals surface area contributed by atoms with E-state index >= 15 is 0 Å². The van der Waals surface area contributed by atoms with E-state index in [0.717, 1.165) is 22.9 Å². The molecule has 0 atom stereocenters. The fourth-order valence-electron chi connectivity index (χ4n) is 2.49. The number of aryl methyl sites for hydroxylation is 2. The molecular formula is C21H18Cl2O. The van der Waals surface area contributed by atoms with E-state index in [1.54, 1.807) is 6.07 Å². The quantitative estimate of drug-likeness (QED) is 0.501. The highest BCUT2D eigenvalue weighted by Crippen LogP contribution is 2.24. The van der Waals surface area contributed by atoms with Crippen LogP contribution in [-0.4, -0.2) is 5.11 Å². The van der Waals surface area contributed by atoms with Crippen molar-refractivity contribution in [3.8, 4) is 12.0 Å². The summed E-state index contributed by atoms with van der Waals surface area (Å²) in [5.74, 6) is 2.73. The monoisotopic (exact) mass is 356 g/mol. The Balaban J connectivity index is 0.000000198. The molecule has 0 heterocycles. The van der Waals surface area contributed by atoms with Crippen LogP contribution in [0.1, 0.15) is 23.6 Å². The molecule has 0 radical (unpaired) electrons. The lowest BCUT2D eigenvalue weighted by Gasteiger charge is -2.05. The van der Waals surface area contributed by atoms with Gasteiger partial charge in [-0.05, 0) is 47.9 Å². The van der Waals surface area contributed by atoms with Crippen LogP contribution in [-0.2, 0) is 6.42 Å². The zero-order valence-corrected chi connectivity index (χ0v) is 15.1. The largest absolute Gasteiger partial charge is 0.462 e. The molecule has 0 aliphatic carbocycles. The molecule has 0 fully saturated rings. The zero-order chi connectivity index (χ0) is 17.5. The number of rotatable bonds is 1. The SMILES string of the molecule is CCc1cccc2cccc(C#CO)c12.Cc1cccc(Cl)c1Cl. The average Bonchev–Trinajstić information content (AvgIpc) is 2.60. The van der Waals surface area contributed by atoms with Crippen molar-refractivity contribution >= 4 is 34.0 Å². The van der Waals surface area contributed by atoms with Gasteiger partial charge in [0.25, 0.3) is 0 Å². The second-order valence-electron chi connectivity index (χ2n) is 5.28. The van der Waals surface area contributed by atoms with Crippen LogP contribution in [0, 0.1) is 19.0 Å². The average molecular weight is 357 g/mol. The number of hydrogen-bond donors (Lipinski definition) is 1. The molecule has 3 heteroatoms. The topological polar surface area (TPSA) is 20.2 Å². The van der Waals surface area contributed by atoms with Crippen LogP contribution in [0.15, 0.2) is 54.6 Å². The summed E-state index contributed by atoms with van der Waals surface area (Å²) in [4.78, 5) is 0. The highest BCUT2D eigenvalue weighted by Gasteiger charge is 2.02. The summed E-state index contributed by atoms with van der Waals surface area (Å²) in [5, 5.41) is 12.3. The fraction of sp³-hybridized carbons (Fsp3) is 0.143. The minimum atomic E-state index is 0.622. The van der Waals surface area contributed by atoms with Crippen LogP contribution in [0.25, 0.3) is 10.8 Å². The molecule has 3 rings (SSSR count). The minimum absolute atomic E-state index is 0.622. The van der Waals surface area contributed by atoms with E-state index in [4.69, 9.17) is 28.3 Å². The maximum absolute atomic E-state index is 8.68. The van der Waals surface area contributed by atoms with Crippen molar-refractivity contribution in [3.63, 3.8) is 0 Å². The summed E-state index contributed by atoms with van der Waals surface area (Å²) < 4.78 is 0. The van der Waals surface area contributed by atoms with Crippen LogP contribution in [0.3, 0.4) is 0 Å². The Kier molecular flexibility index (Phi) is 6.55. The lowest BCUT2D eigenvalue weighted by atomic mass is 9.98. The molecule has 0 saturated heterocycles. The number of halogens is 2. The molecule has 0 unspecified atom stereocenters. The summed E-state index contributed by atoms with van der Waals surface area (Å²) in [6.45, 7) is 4.05. The first-order valence-electron chi connectivity index (χ1n) is 7.64. The molecule has 122 valence electrons. The highest BCUT2D eigenvalue weighted by molar-refractivity contribution is 6.42. The van der Waals surface area contributed by atoms with E-state index in [2.05, 4.69) is 37.1 Å². The third-order valence-corrected chi connectivity index (χ3v) is 4.62. The third-order valence-electron chi connectivity index (χ3n) is 3.71. The van der Waals surface area contributed by atoms with E-state index in [-0.39, 0.29) is 0 Å². The van der Waals surface area contributed by atoms with Gasteiger partial charge in [-0.25, -0.2) is 0 Å². The minimum Gasteiger partial charge on any atom is -0.462 e. The molecule has 1 N–H and O–H groups in total. The number of aliphatic hydroxyl groups is 1. The van der Waals surface area contributed by atoms with Gasteiger partial charge in [-0.1, -0.05) is 72.6 Å². The number of fused-ring (bicyclic) bond motifs is 1. The maximum Gasteiger partial charge on any atom is 0.113 e. The molecule has 3 aromatic carbocycles. The Morgan fingerprint density at radius 3 is 2.21 bits per heavy atom. The lowest BCUT2D eigenvalue weighted by molar-refractivity contribution is 0.517. The second kappa shape index (κ2) is 8.64. The summed E-state index contributed by atoms with van der Waals surface area (Å²) in [6.07, 6.45) is 2.95. The highest BCUT2D eigenvalue weighted by atomic mass is 35.5. The van der Waals surface area contributed by atoms with Gasteiger partial charge >= 0.3 is 0 Å². The Bertz CT molecular complexity index is 879. The molecule has 0 aromatic heterocycles. The molecule has 0 aliphatic heterocycles. The molecule has 1 nitrogen and oxygen atoms in total. The van der Waals surface area contributed by atoms with Gasteiger partial charge in [-0.2, -0.15) is 0 Å². The normalized spacial score (nSPS) is 9.67. The van der Waals surface area contributed by atoms with Crippen LogP contribution in [0.4, 0.5) is 0 Å². The van der Waals surface area contributed by atoms with Gasteiger partial charge in [0.05, 0.1) is 10.0 Å². The van der Waals surface area contributed by atoms with E-state index in [0.29, 0.717) is 10.0 Å². The maximum atomic E-state index is 8.68. The lowest BCUT2D eigenvalue weighted by Crippen LogP contribution is -1.87. The van der Waals surface area contributed by atoms with Crippen LogP contribution < -0.4 is 0 Å². The fourth-order valence-corrected chi connectivity index (χ4v) is 2.84. The second-order valence-corrected chi connectivity index (χ2v) is 6.07. The molecule has 24 heavy (non-hydrogen) atoms. The Morgan fingerprint density at radius 2 is 1.62 bits per heavy atom. The molecule has 0 saturated carbocycles. The first kappa shape index (κ1) is 18.2. The molecule has 3 aromatic rings. The molecule has 0 bridgehead atoms. The molecule has 0 spiro atoms. The summed E-state index contributed by atoms with van der Waals surface area (Å²) in [7, 11) is 0. The van der Waals surface area contributed by atoms with Crippen LogP contribution in [0.2, 0.25) is 10.0 Å². The Hall–Kier alpha value is -2.14. The predicted octanol–water partition coefficient (Wildman–Crippen LogP) is 6.39. The van der Waals surface area contributed by atoms with Gasteiger partial charge < -0.3 is 5.11 Å². The first-order chi connectivity index (χ1) is 11.6. The van der Waals surface area contributed by atoms with Crippen molar-refractivity contribution in [3.05, 3.63) is 81.3 Å². The number of benzene rings is 3. The van der Waals surface area contributed by atoms with Crippen molar-refractivity contribution in [2.75, 3.05) is 0 Å². The molecule has 0 amide bonds. The smallest absolute Gasteiger partial charge is 0.113 e. The standard InChI is InChI=1S/C14H12O.C7H6Cl2/c1-2-11-5-3-6-12-7-4-8-13(9-10-15)14(11)12;1-5-3-2-4-6(8)7(5)9/h3-8,15H,2H2,1H3;2-4H,1H3. The van der Waals surface area contributed by atoms with Crippen molar-refractivity contribution in [1.29, 1.82) is 0 Å². The predicted molar refractivity (Wildman–Crippen MR) is 103 cm³/mol. The van der Waals surface area contributed by atoms with Crippen LogP contribution in [0.5, 0.6) is 0 Å². The Morgan fingerprint density at radius 1 is 0.958 bits per heavy atom. The van der Waals surface area contributed by atoms with Crippen molar-refractivity contribution in [2.24, 2.45) is 0 Å². The van der Waals surface area contributed by atoms with E-state index in [9.17, 15) is 0 Å². The third kappa shape index (κ3) is 4.23. The van der Waals surface area contributed by atoms with Gasteiger partial charge in [0.1, 0.15) is 6.11 Å². The van der Waals surface area contributed by atoms with Crippen molar-refractivity contribution < 1.29 is 5.11 Å². The van der Waals surface area contributed by atoms with Gasteiger partial charge in [-0.15, -0.1) is 0 Å². The van der Waals surface area contributed by atoms with E-state index in [1.165, 1.54) is 10.9 Å². The van der Waals surface area contributed by atoms with Crippen molar-refractivity contribution in [2.45, 2.75) is 20.3 Å². The molecular weight excluding hydrogens is 339 g/mol. The van der Waals surface area contributed by atoms with Crippen molar-refractivity contribution in [1.82, 2.24) is 0 Å². The number of hydrogen-bond acceptors (Lipinski definition) is 1. The van der Waals surface area contributed by atoms with Gasteiger partial charge in [-0.3, -0.25) is 0 Å². The van der Waals surface area contributed by atoms with E-state index < -0.39 is 0 Å². The van der Waals surface area contributed by atoms with Gasteiger partial charge in [0.15, 0.2) is 0 Å². The first-order valence-corrected chi connectivity index (χ1v) is 8.40. The zero-order valence-electron chi connectivity index (χ0n) is 13.6. The van der Waals surface area contributed by atoms with E-state index in [1.807, 2.05) is 37.3 Å². The van der Waals surface area contributed by atoms with Crippen LogP contribution >= 0.6 is 23.2 Å². The summed E-state index contributed by atoms with van der Waals surface area (Å²) >= 11 is 11.4. The Labute approximate surface area is 152 Å². The summed E-state index contributed by atoms with van der Waals surface area (Å²) in [6, 6.07) is 17.8.